The Kier molecular flexibility index (Phi) is 6.69. The highest BCUT2D eigenvalue weighted by Gasteiger charge is 2.21. The number of anilines is 2. The number of hydrogen-bond donors (Lipinski definition) is 3. The molecular weight excluding hydrogens is 531 g/mol. The number of carbonyl (C=O) groups excluding carboxylic acids is 3. The Morgan fingerprint density at radius 3 is 2.36 bits per heavy atom. The van der Waals surface area contributed by atoms with E-state index in [1.165, 1.54) is 4.68 Å². The van der Waals surface area contributed by atoms with E-state index in [0.29, 0.717) is 27.3 Å². The van der Waals surface area contributed by atoms with Crippen LogP contribution in [0.3, 0.4) is 0 Å². The first-order valence-corrected chi connectivity index (χ1v) is 11.1. The predicted molar refractivity (Wildman–Crippen MR) is 133 cm³/mol. The van der Waals surface area contributed by atoms with Crippen LogP contribution in [0, 0.1) is 0 Å². The topological polar surface area (TPSA) is 92.2 Å². The first kappa shape index (κ1) is 22.8. The number of nitrogens with one attached hydrogen (secondary N) is 3. The van der Waals surface area contributed by atoms with E-state index in [1.54, 1.807) is 72.8 Å². The summed E-state index contributed by atoms with van der Waals surface area (Å²) >= 11 is 15.4. The molecule has 1 aromatic heterocycles. The highest BCUT2D eigenvalue weighted by Crippen LogP contribution is 2.25. The number of amides is 3. The van der Waals surface area contributed by atoms with Crippen LogP contribution >= 0.6 is 39.1 Å². The van der Waals surface area contributed by atoms with E-state index in [1.807, 2.05) is 0 Å². The predicted octanol–water partition coefficient (Wildman–Crippen LogP) is 5.67. The van der Waals surface area contributed by atoms with E-state index >= 15 is 0 Å². The molecule has 0 aliphatic rings. The van der Waals surface area contributed by atoms with Crippen molar-refractivity contribution in [2.75, 3.05) is 16.1 Å². The molecule has 0 radical (unpaired) electrons. The molecule has 0 saturated carbocycles. The Hall–Kier alpha value is -3.33. The third-order valence-corrected chi connectivity index (χ3v) is 5.68. The summed E-state index contributed by atoms with van der Waals surface area (Å²) in [5.74, 6) is -2.42. The standard InChI is InChI=1S/C23H15BrCl2N4O3/c24-14-8-9-19-13(10-14)11-20(21(31)27-16-5-3-4-15(25)12-16)30(19)29-23(33)22(32)28-18-7-2-1-6-17(18)26/h1-12H,(H,27,31)(H,28,32)(H,29,33). The molecule has 3 aromatic carbocycles. The van der Waals surface area contributed by atoms with Gasteiger partial charge in [-0.1, -0.05) is 57.3 Å². The highest BCUT2D eigenvalue weighted by atomic mass is 79.9. The van der Waals surface area contributed by atoms with Crippen molar-refractivity contribution < 1.29 is 14.4 Å². The number of aromatic nitrogens is 1. The fourth-order valence-electron chi connectivity index (χ4n) is 3.13. The minimum atomic E-state index is -0.979. The highest BCUT2D eigenvalue weighted by molar-refractivity contribution is 9.10. The number of hydrogen-bond acceptors (Lipinski definition) is 3. The molecule has 10 heteroatoms. The van der Waals surface area contributed by atoms with Gasteiger partial charge in [0.25, 0.3) is 5.91 Å². The van der Waals surface area contributed by atoms with E-state index in [-0.39, 0.29) is 10.7 Å². The van der Waals surface area contributed by atoms with Crippen LogP contribution in [-0.2, 0) is 9.59 Å². The second kappa shape index (κ2) is 9.66. The van der Waals surface area contributed by atoms with Crippen LogP contribution in [-0.4, -0.2) is 22.4 Å². The maximum Gasteiger partial charge on any atom is 0.328 e. The molecule has 4 rings (SSSR count). The Bertz CT molecular complexity index is 1400. The number of benzene rings is 3. The Labute approximate surface area is 206 Å². The average Bonchev–Trinajstić information content (AvgIpc) is 3.12. The molecule has 0 spiro atoms. The summed E-state index contributed by atoms with van der Waals surface area (Å²) in [5.41, 5.74) is 3.90. The molecule has 33 heavy (non-hydrogen) atoms. The maximum absolute atomic E-state index is 13.0. The number of rotatable bonds is 4. The van der Waals surface area contributed by atoms with Crippen molar-refractivity contribution in [1.82, 2.24) is 4.68 Å². The van der Waals surface area contributed by atoms with Crippen molar-refractivity contribution >= 4 is 79.1 Å². The van der Waals surface area contributed by atoms with Gasteiger partial charge < -0.3 is 10.6 Å². The van der Waals surface area contributed by atoms with Gasteiger partial charge in [0, 0.05) is 20.6 Å². The number of carbonyl (C=O) groups is 3. The molecule has 0 saturated heterocycles. The minimum Gasteiger partial charge on any atom is -0.321 e. The number of fused-ring (bicyclic) bond motifs is 1. The fourth-order valence-corrected chi connectivity index (χ4v) is 3.88. The van der Waals surface area contributed by atoms with Crippen LogP contribution in [0.25, 0.3) is 10.9 Å². The Morgan fingerprint density at radius 2 is 1.61 bits per heavy atom. The van der Waals surface area contributed by atoms with Crippen LogP contribution in [0.4, 0.5) is 11.4 Å². The van der Waals surface area contributed by atoms with Crippen LogP contribution in [0.2, 0.25) is 10.0 Å². The third kappa shape index (κ3) is 5.19. The van der Waals surface area contributed by atoms with Gasteiger partial charge in [0.15, 0.2) is 0 Å². The summed E-state index contributed by atoms with van der Waals surface area (Å²) < 4.78 is 2.05. The van der Waals surface area contributed by atoms with Gasteiger partial charge in [-0.05, 0) is 54.6 Å². The van der Waals surface area contributed by atoms with Crippen molar-refractivity contribution in [1.29, 1.82) is 0 Å². The second-order valence-electron chi connectivity index (χ2n) is 6.91. The summed E-state index contributed by atoms with van der Waals surface area (Å²) in [7, 11) is 0. The first-order chi connectivity index (χ1) is 15.8. The summed E-state index contributed by atoms with van der Waals surface area (Å²) in [4.78, 5) is 38.2. The van der Waals surface area contributed by atoms with Crippen molar-refractivity contribution in [3.63, 3.8) is 0 Å². The molecule has 7 nitrogen and oxygen atoms in total. The van der Waals surface area contributed by atoms with Crippen LogP contribution < -0.4 is 16.1 Å². The minimum absolute atomic E-state index is 0.113. The zero-order valence-electron chi connectivity index (χ0n) is 16.7. The molecule has 3 N–H and O–H groups in total. The van der Waals surface area contributed by atoms with Crippen molar-refractivity contribution in [2.24, 2.45) is 0 Å². The number of para-hydroxylation sites is 1. The normalized spacial score (nSPS) is 10.6. The second-order valence-corrected chi connectivity index (χ2v) is 8.67. The van der Waals surface area contributed by atoms with E-state index < -0.39 is 17.7 Å². The van der Waals surface area contributed by atoms with Gasteiger partial charge in [-0.25, -0.2) is 4.68 Å². The fraction of sp³-hybridized carbons (Fsp3) is 0. The smallest absolute Gasteiger partial charge is 0.321 e. The van der Waals surface area contributed by atoms with Gasteiger partial charge in [-0.3, -0.25) is 19.8 Å². The van der Waals surface area contributed by atoms with Crippen LogP contribution in [0.5, 0.6) is 0 Å². The summed E-state index contributed by atoms with van der Waals surface area (Å²) in [6.45, 7) is 0. The summed E-state index contributed by atoms with van der Waals surface area (Å²) in [6.07, 6.45) is 0. The quantitative estimate of drug-likeness (QED) is 0.288. The van der Waals surface area contributed by atoms with Gasteiger partial charge in [0.1, 0.15) is 5.69 Å². The molecule has 3 amide bonds. The molecular formula is C23H15BrCl2N4O3. The lowest BCUT2D eigenvalue weighted by Crippen LogP contribution is -2.36. The lowest BCUT2D eigenvalue weighted by atomic mass is 10.2. The summed E-state index contributed by atoms with van der Waals surface area (Å²) in [6, 6.07) is 20.1. The van der Waals surface area contributed by atoms with E-state index in [4.69, 9.17) is 23.2 Å². The zero-order chi connectivity index (χ0) is 23.5. The van der Waals surface area contributed by atoms with Gasteiger partial charge in [-0.2, -0.15) is 0 Å². The molecule has 0 bridgehead atoms. The lowest BCUT2D eigenvalue weighted by Gasteiger charge is -2.13. The van der Waals surface area contributed by atoms with E-state index in [2.05, 4.69) is 32.0 Å². The number of nitrogens with zero attached hydrogens (tertiary/aromatic N) is 1. The molecule has 0 atom stereocenters. The van der Waals surface area contributed by atoms with Crippen molar-refractivity contribution in [3.05, 3.63) is 93.0 Å². The van der Waals surface area contributed by atoms with E-state index in [0.717, 1.165) is 4.47 Å². The third-order valence-electron chi connectivity index (χ3n) is 4.62. The SMILES string of the molecule is O=C(Nc1ccccc1Cl)C(=O)Nn1c(C(=O)Nc2cccc(Cl)c2)cc2cc(Br)ccc21. The largest absolute Gasteiger partial charge is 0.328 e. The Morgan fingerprint density at radius 1 is 0.818 bits per heavy atom. The Balaban J connectivity index is 1.64. The molecule has 0 aliphatic heterocycles. The van der Waals surface area contributed by atoms with Crippen LogP contribution in [0.1, 0.15) is 10.5 Å². The van der Waals surface area contributed by atoms with Crippen LogP contribution in [0.15, 0.2) is 77.3 Å². The molecule has 0 aliphatic carbocycles. The molecule has 4 aromatic rings. The zero-order valence-corrected chi connectivity index (χ0v) is 19.8. The average molecular weight is 546 g/mol. The molecule has 166 valence electrons. The molecule has 1 heterocycles. The molecule has 0 fully saturated rings. The molecule has 0 unspecified atom stereocenters. The maximum atomic E-state index is 13.0. The first-order valence-electron chi connectivity index (χ1n) is 9.56. The van der Waals surface area contributed by atoms with Gasteiger partial charge >= 0.3 is 11.8 Å². The lowest BCUT2D eigenvalue weighted by molar-refractivity contribution is -0.133. The van der Waals surface area contributed by atoms with E-state index in [9.17, 15) is 14.4 Å². The monoisotopic (exact) mass is 544 g/mol. The summed E-state index contributed by atoms with van der Waals surface area (Å²) in [5, 5.41) is 6.62. The van der Waals surface area contributed by atoms with Gasteiger partial charge in [0.2, 0.25) is 0 Å². The van der Waals surface area contributed by atoms with Gasteiger partial charge in [-0.15, -0.1) is 0 Å². The van der Waals surface area contributed by atoms with Crippen molar-refractivity contribution in [3.8, 4) is 0 Å². The number of halogens is 3. The van der Waals surface area contributed by atoms with Gasteiger partial charge in [0.05, 0.1) is 16.2 Å². The van der Waals surface area contributed by atoms with Crippen molar-refractivity contribution in [2.45, 2.75) is 0 Å².